The van der Waals surface area contributed by atoms with Gasteiger partial charge in [-0.05, 0) is 54.4 Å². The second-order valence-electron chi connectivity index (χ2n) is 11.8. The molecule has 3 fully saturated rings. The van der Waals surface area contributed by atoms with Gasteiger partial charge in [0, 0.05) is 65.6 Å². The number of rotatable bonds is 10. The lowest BCUT2D eigenvalue weighted by atomic mass is 9.90. The molecule has 3 rings (SSSR count). The van der Waals surface area contributed by atoms with Crippen molar-refractivity contribution < 1.29 is 29.2 Å². The van der Waals surface area contributed by atoms with Crippen LogP contribution in [0, 0.1) is 0 Å². The number of hydrogen-bond donors (Lipinski definition) is 2. The highest BCUT2D eigenvalue weighted by Crippen LogP contribution is 2.33. The van der Waals surface area contributed by atoms with Crippen LogP contribution in [0.2, 0.25) is 0 Å². The molecule has 3 saturated heterocycles. The van der Waals surface area contributed by atoms with E-state index in [9.17, 15) is 10.2 Å². The van der Waals surface area contributed by atoms with Gasteiger partial charge in [-0.25, -0.2) is 0 Å². The van der Waals surface area contributed by atoms with E-state index >= 15 is 0 Å². The van der Waals surface area contributed by atoms with E-state index in [1.807, 2.05) is 6.92 Å². The smallest absolute Gasteiger partial charge is 0.116 e. The van der Waals surface area contributed by atoms with Gasteiger partial charge in [0.25, 0.3) is 0 Å². The Bertz CT molecular complexity index is 663. The average Bonchev–Trinajstić information content (AvgIpc) is 3.23. The fraction of sp³-hybridized carbons (Fsp3) is 1.00. The standard InChI is InChI=1S/C26H51N3O6/c1-18(2)28-12-10-24(26(6,31)17-28)35-25(4,5)29-14-22(33-8)23(15-29)34-16-19(3)27-11-9-20(30)21(13-27)32-7/h18-24,30-31H,9-17H2,1-8H3/t19?,20?,21?,22-,23+,24?,26?/m1/s1. The number of aliphatic hydroxyl groups excluding tert-OH is 1. The molecule has 206 valence electrons. The zero-order chi connectivity index (χ0) is 26.0. The van der Waals surface area contributed by atoms with Crippen molar-refractivity contribution in [1.29, 1.82) is 0 Å². The molecule has 2 N–H and O–H groups in total. The number of likely N-dealkylation sites (tertiary alicyclic amines) is 3. The van der Waals surface area contributed by atoms with Gasteiger partial charge in [-0.3, -0.25) is 14.7 Å². The van der Waals surface area contributed by atoms with Crippen LogP contribution in [0.3, 0.4) is 0 Å². The minimum Gasteiger partial charge on any atom is -0.390 e. The summed E-state index contributed by atoms with van der Waals surface area (Å²) in [6.45, 7) is 17.7. The van der Waals surface area contributed by atoms with E-state index in [0.717, 1.165) is 26.1 Å². The molecule has 5 unspecified atom stereocenters. The summed E-state index contributed by atoms with van der Waals surface area (Å²) in [5.41, 5.74) is -1.45. The largest absolute Gasteiger partial charge is 0.390 e. The molecule has 0 aromatic carbocycles. The fourth-order valence-corrected chi connectivity index (χ4v) is 5.73. The van der Waals surface area contributed by atoms with Crippen molar-refractivity contribution in [2.75, 3.05) is 60.1 Å². The van der Waals surface area contributed by atoms with Crippen LogP contribution in [0.5, 0.6) is 0 Å². The number of hydrogen-bond acceptors (Lipinski definition) is 9. The van der Waals surface area contributed by atoms with E-state index < -0.39 is 17.4 Å². The molecule has 0 aliphatic carbocycles. The van der Waals surface area contributed by atoms with Crippen LogP contribution in [0.25, 0.3) is 0 Å². The molecule has 0 spiro atoms. The first-order valence-corrected chi connectivity index (χ1v) is 13.4. The summed E-state index contributed by atoms with van der Waals surface area (Å²) in [5, 5.41) is 21.3. The quantitative estimate of drug-likeness (QED) is 0.458. The third-order valence-corrected chi connectivity index (χ3v) is 8.37. The van der Waals surface area contributed by atoms with Crippen molar-refractivity contribution in [3.63, 3.8) is 0 Å². The first kappa shape index (κ1) is 29.2. The molecule has 0 amide bonds. The molecule has 3 aliphatic heterocycles. The predicted octanol–water partition coefficient (Wildman–Crippen LogP) is 1.16. The maximum Gasteiger partial charge on any atom is 0.116 e. The van der Waals surface area contributed by atoms with Gasteiger partial charge in [-0.15, -0.1) is 0 Å². The Morgan fingerprint density at radius 3 is 2.17 bits per heavy atom. The molecule has 7 atom stereocenters. The predicted molar refractivity (Wildman–Crippen MR) is 135 cm³/mol. The number of aliphatic hydroxyl groups is 2. The molecular formula is C26H51N3O6. The van der Waals surface area contributed by atoms with Gasteiger partial charge >= 0.3 is 0 Å². The maximum atomic E-state index is 11.2. The van der Waals surface area contributed by atoms with Gasteiger partial charge in [0.2, 0.25) is 0 Å². The summed E-state index contributed by atoms with van der Waals surface area (Å²) >= 11 is 0. The highest BCUT2D eigenvalue weighted by Gasteiger charge is 2.47. The highest BCUT2D eigenvalue weighted by molar-refractivity contribution is 4.96. The van der Waals surface area contributed by atoms with Crippen LogP contribution in [0.4, 0.5) is 0 Å². The van der Waals surface area contributed by atoms with Crippen molar-refractivity contribution in [2.45, 2.75) is 108 Å². The molecule has 3 heterocycles. The van der Waals surface area contributed by atoms with Gasteiger partial charge in [0.15, 0.2) is 0 Å². The van der Waals surface area contributed by atoms with Crippen molar-refractivity contribution in [3.05, 3.63) is 0 Å². The van der Waals surface area contributed by atoms with Crippen molar-refractivity contribution >= 4 is 0 Å². The molecule has 0 bridgehead atoms. The van der Waals surface area contributed by atoms with Crippen LogP contribution in [0.15, 0.2) is 0 Å². The normalized spacial score (nSPS) is 37.3. The molecule has 0 radical (unpaired) electrons. The summed E-state index contributed by atoms with van der Waals surface area (Å²) in [5.74, 6) is 0. The Morgan fingerprint density at radius 1 is 0.943 bits per heavy atom. The summed E-state index contributed by atoms with van der Waals surface area (Å²) in [6, 6.07) is 0.629. The summed E-state index contributed by atoms with van der Waals surface area (Å²) in [6.07, 6.45) is 0.656. The van der Waals surface area contributed by atoms with Crippen molar-refractivity contribution in [2.24, 2.45) is 0 Å². The number of nitrogens with zero attached hydrogens (tertiary/aromatic N) is 3. The second kappa shape index (κ2) is 12.0. The van der Waals surface area contributed by atoms with Crippen LogP contribution in [-0.2, 0) is 18.9 Å². The Morgan fingerprint density at radius 2 is 1.57 bits per heavy atom. The van der Waals surface area contributed by atoms with E-state index in [0.29, 0.717) is 38.7 Å². The van der Waals surface area contributed by atoms with E-state index in [1.165, 1.54) is 0 Å². The zero-order valence-corrected chi connectivity index (χ0v) is 23.3. The van der Waals surface area contributed by atoms with Crippen LogP contribution in [0.1, 0.15) is 54.4 Å². The van der Waals surface area contributed by atoms with Gasteiger partial charge in [0.1, 0.15) is 11.3 Å². The van der Waals surface area contributed by atoms with Crippen molar-refractivity contribution in [3.8, 4) is 0 Å². The Labute approximate surface area is 212 Å². The monoisotopic (exact) mass is 501 g/mol. The van der Waals surface area contributed by atoms with E-state index in [1.54, 1.807) is 14.2 Å². The molecule has 35 heavy (non-hydrogen) atoms. The second-order valence-corrected chi connectivity index (χ2v) is 11.8. The highest BCUT2D eigenvalue weighted by atomic mass is 16.6. The molecule has 9 heteroatoms. The fourth-order valence-electron chi connectivity index (χ4n) is 5.73. The van der Waals surface area contributed by atoms with Gasteiger partial charge in [-0.2, -0.15) is 0 Å². The first-order chi connectivity index (χ1) is 16.4. The van der Waals surface area contributed by atoms with E-state index in [-0.39, 0.29) is 30.5 Å². The van der Waals surface area contributed by atoms with Crippen LogP contribution >= 0.6 is 0 Å². The maximum absolute atomic E-state index is 11.2. The minimum absolute atomic E-state index is 0.0386. The van der Waals surface area contributed by atoms with Gasteiger partial charge in [-0.1, -0.05) is 0 Å². The molecular weight excluding hydrogens is 450 g/mol. The number of piperidine rings is 2. The molecule has 0 saturated carbocycles. The number of ether oxygens (including phenoxy) is 4. The Hall–Kier alpha value is -0.360. The van der Waals surface area contributed by atoms with E-state index in [4.69, 9.17) is 18.9 Å². The summed E-state index contributed by atoms with van der Waals surface area (Å²) in [7, 11) is 3.40. The summed E-state index contributed by atoms with van der Waals surface area (Å²) < 4.78 is 24.2. The topological polar surface area (TPSA) is 87.1 Å². The minimum atomic E-state index is -0.895. The average molecular weight is 502 g/mol. The van der Waals surface area contributed by atoms with Crippen molar-refractivity contribution in [1.82, 2.24) is 14.7 Å². The molecule has 0 aromatic rings. The van der Waals surface area contributed by atoms with Gasteiger partial charge < -0.3 is 29.2 Å². The van der Waals surface area contributed by atoms with E-state index in [2.05, 4.69) is 49.3 Å². The lowest BCUT2D eigenvalue weighted by Gasteiger charge is -2.48. The lowest BCUT2D eigenvalue weighted by molar-refractivity contribution is -0.228. The molecule has 9 nitrogen and oxygen atoms in total. The van der Waals surface area contributed by atoms with Crippen LogP contribution in [-0.4, -0.2) is 139 Å². The SMILES string of the molecule is COC1CN(C(C)CO[C@H]2CN(C(C)(C)OC3CCN(C(C)C)CC3(C)O)C[C@H]2OC)CCC1O. The lowest BCUT2D eigenvalue weighted by Crippen LogP contribution is -2.60. The number of β-amino-alcohol motifs (C(OH)–C–C–N with tert-alkyl or cyclic N) is 1. The third kappa shape index (κ3) is 7.15. The number of methoxy groups -OCH3 is 2. The van der Waals surface area contributed by atoms with Crippen LogP contribution < -0.4 is 0 Å². The Kier molecular flexibility index (Phi) is 10.0. The zero-order valence-electron chi connectivity index (χ0n) is 23.3. The molecule has 0 aromatic heterocycles. The first-order valence-electron chi connectivity index (χ1n) is 13.4. The third-order valence-electron chi connectivity index (χ3n) is 8.37. The molecule has 3 aliphatic rings. The van der Waals surface area contributed by atoms with Gasteiger partial charge in [0.05, 0.1) is 37.1 Å². The Balaban J connectivity index is 1.54. The summed E-state index contributed by atoms with van der Waals surface area (Å²) in [4.78, 5) is 6.92.